The summed E-state index contributed by atoms with van der Waals surface area (Å²) in [6.07, 6.45) is 5.91. The molecule has 0 aliphatic carbocycles. The first-order chi connectivity index (χ1) is 12.3. The van der Waals surface area contributed by atoms with E-state index in [4.69, 9.17) is 0 Å². The van der Waals surface area contributed by atoms with Crippen LogP contribution >= 0.6 is 0 Å². The summed E-state index contributed by atoms with van der Waals surface area (Å²) in [4.78, 5) is 6.76. The van der Waals surface area contributed by atoms with Crippen LogP contribution in [0.4, 0.5) is 5.82 Å². The van der Waals surface area contributed by atoms with Gasteiger partial charge in [0.15, 0.2) is 5.65 Å². The van der Waals surface area contributed by atoms with Crippen LogP contribution in [0.15, 0.2) is 49.2 Å². The molecule has 0 unspecified atom stereocenters. The average Bonchev–Trinajstić information content (AvgIpc) is 3.08. The number of likely N-dealkylation sites (tertiary alicyclic amines) is 1. The molecule has 25 heavy (non-hydrogen) atoms. The molecule has 0 amide bonds. The number of hydrogen-bond acceptors (Lipinski definition) is 6. The molecule has 0 bridgehead atoms. The summed E-state index contributed by atoms with van der Waals surface area (Å²) in [6.45, 7) is 6.94. The molecule has 4 rings (SSSR count). The fourth-order valence-electron chi connectivity index (χ4n) is 3.17. The molecule has 1 N–H and O–H groups in total. The Morgan fingerprint density at radius 2 is 2.04 bits per heavy atom. The van der Waals surface area contributed by atoms with E-state index >= 15 is 0 Å². The molecule has 128 valence electrons. The molecule has 0 saturated carbocycles. The van der Waals surface area contributed by atoms with Crippen LogP contribution in [0, 0.1) is 0 Å². The lowest BCUT2D eigenvalue weighted by molar-refractivity contribution is 0.240. The zero-order valence-electron chi connectivity index (χ0n) is 14.0. The number of pyridine rings is 1. The summed E-state index contributed by atoms with van der Waals surface area (Å²) in [5.74, 6) is 1.49. The van der Waals surface area contributed by atoms with Crippen molar-refractivity contribution in [1.29, 1.82) is 0 Å². The Bertz CT molecular complexity index is 850. The van der Waals surface area contributed by atoms with Crippen LogP contribution in [0.5, 0.6) is 0 Å². The molecule has 3 aromatic rings. The Labute approximate surface area is 146 Å². The van der Waals surface area contributed by atoms with Gasteiger partial charge in [-0.15, -0.1) is 21.9 Å². The van der Waals surface area contributed by atoms with Gasteiger partial charge in [-0.3, -0.25) is 9.88 Å². The fraction of sp³-hybridized carbons (Fsp3) is 0.333. The molecule has 0 atom stereocenters. The van der Waals surface area contributed by atoms with E-state index in [1.165, 1.54) is 0 Å². The predicted octanol–water partition coefficient (Wildman–Crippen LogP) is 2.25. The molecule has 7 heteroatoms. The van der Waals surface area contributed by atoms with E-state index in [1.54, 1.807) is 10.7 Å². The smallest absolute Gasteiger partial charge is 0.203 e. The van der Waals surface area contributed by atoms with Crippen molar-refractivity contribution in [2.45, 2.75) is 18.9 Å². The molecule has 1 aliphatic heterocycles. The zero-order valence-corrected chi connectivity index (χ0v) is 14.0. The SMILES string of the molecule is C=CCN1CCC(Nc2ccc3nnc(-c4ccccn4)n3n2)CC1. The molecule has 7 nitrogen and oxygen atoms in total. The summed E-state index contributed by atoms with van der Waals surface area (Å²) in [5, 5.41) is 16.6. The Balaban J connectivity index is 1.52. The van der Waals surface area contributed by atoms with Gasteiger partial charge in [-0.25, -0.2) is 0 Å². The van der Waals surface area contributed by atoms with Gasteiger partial charge in [0.2, 0.25) is 5.82 Å². The van der Waals surface area contributed by atoms with Crippen LogP contribution < -0.4 is 5.32 Å². The summed E-state index contributed by atoms with van der Waals surface area (Å²) < 4.78 is 1.75. The van der Waals surface area contributed by atoms with Crippen molar-refractivity contribution < 1.29 is 0 Å². The Kier molecular flexibility index (Phi) is 4.39. The topological polar surface area (TPSA) is 71.2 Å². The van der Waals surface area contributed by atoms with Crippen molar-refractivity contribution in [2.75, 3.05) is 25.0 Å². The second kappa shape index (κ2) is 6.98. The number of hydrogen-bond donors (Lipinski definition) is 1. The van der Waals surface area contributed by atoms with E-state index in [2.05, 4.69) is 37.1 Å². The van der Waals surface area contributed by atoms with Crippen LogP contribution in [-0.2, 0) is 0 Å². The maximum absolute atomic E-state index is 4.67. The standard InChI is InChI=1S/C18H21N7/c1-2-11-24-12-8-14(9-13-24)20-16-6-7-17-21-22-18(25(17)23-16)15-5-3-4-10-19-15/h2-7,10,14H,1,8-9,11-13H2,(H,20,23). The highest BCUT2D eigenvalue weighted by Crippen LogP contribution is 2.18. The van der Waals surface area contributed by atoms with Gasteiger partial charge in [-0.05, 0) is 37.1 Å². The van der Waals surface area contributed by atoms with Crippen LogP contribution in [0.3, 0.4) is 0 Å². The number of piperidine rings is 1. The summed E-state index contributed by atoms with van der Waals surface area (Å²) >= 11 is 0. The largest absolute Gasteiger partial charge is 0.366 e. The van der Waals surface area contributed by atoms with Crippen LogP contribution in [0.2, 0.25) is 0 Å². The van der Waals surface area contributed by atoms with Gasteiger partial charge in [-0.1, -0.05) is 12.1 Å². The third-order valence-electron chi connectivity index (χ3n) is 4.48. The van der Waals surface area contributed by atoms with Crippen molar-refractivity contribution >= 4 is 11.5 Å². The van der Waals surface area contributed by atoms with E-state index in [-0.39, 0.29) is 0 Å². The highest BCUT2D eigenvalue weighted by atomic mass is 15.4. The molecule has 4 heterocycles. The van der Waals surface area contributed by atoms with Crippen molar-refractivity contribution in [1.82, 2.24) is 29.7 Å². The minimum atomic E-state index is 0.431. The third-order valence-corrected chi connectivity index (χ3v) is 4.48. The molecule has 1 aliphatic rings. The third kappa shape index (κ3) is 3.36. The number of aromatic nitrogens is 5. The molecular weight excluding hydrogens is 314 g/mol. The Morgan fingerprint density at radius 1 is 1.16 bits per heavy atom. The van der Waals surface area contributed by atoms with Gasteiger partial charge >= 0.3 is 0 Å². The quantitative estimate of drug-likeness (QED) is 0.721. The highest BCUT2D eigenvalue weighted by Gasteiger charge is 2.19. The monoisotopic (exact) mass is 335 g/mol. The number of nitrogens with zero attached hydrogens (tertiary/aromatic N) is 6. The second-order valence-electron chi connectivity index (χ2n) is 6.24. The summed E-state index contributed by atoms with van der Waals surface area (Å²) in [6, 6.07) is 10.0. The van der Waals surface area contributed by atoms with E-state index in [0.717, 1.165) is 44.0 Å². The van der Waals surface area contributed by atoms with E-state index in [1.807, 2.05) is 36.4 Å². The van der Waals surface area contributed by atoms with E-state index in [0.29, 0.717) is 17.5 Å². The van der Waals surface area contributed by atoms with Gasteiger partial charge in [0.1, 0.15) is 11.5 Å². The average molecular weight is 335 g/mol. The second-order valence-corrected chi connectivity index (χ2v) is 6.24. The lowest BCUT2D eigenvalue weighted by Gasteiger charge is -2.31. The number of fused-ring (bicyclic) bond motifs is 1. The fourth-order valence-corrected chi connectivity index (χ4v) is 3.17. The van der Waals surface area contributed by atoms with E-state index < -0.39 is 0 Å². The lowest BCUT2D eigenvalue weighted by Crippen LogP contribution is -2.39. The lowest BCUT2D eigenvalue weighted by atomic mass is 10.1. The molecule has 1 saturated heterocycles. The van der Waals surface area contributed by atoms with Gasteiger partial charge < -0.3 is 5.32 Å². The molecule has 0 spiro atoms. The first kappa shape index (κ1) is 15.7. The zero-order chi connectivity index (χ0) is 17.1. The van der Waals surface area contributed by atoms with Gasteiger partial charge in [0, 0.05) is 31.9 Å². The number of anilines is 1. The normalized spacial score (nSPS) is 16.2. The minimum absolute atomic E-state index is 0.431. The van der Waals surface area contributed by atoms with Gasteiger partial charge in [0.25, 0.3) is 0 Å². The highest BCUT2D eigenvalue weighted by molar-refractivity contribution is 5.55. The molecule has 0 radical (unpaired) electrons. The van der Waals surface area contributed by atoms with Crippen molar-refractivity contribution in [2.24, 2.45) is 0 Å². The molecule has 3 aromatic heterocycles. The molecule has 0 aromatic carbocycles. The van der Waals surface area contributed by atoms with Crippen LogP contribution in [0.1, 0.15) is 12.8 Å². The Morgan fingerprint density at radius 3 is 2.80 bits per heavy atom. The van der Waals surface area contributed by atoms with Crippen LogP contribution in [-0.4, -0.2) is 55.4 Å². The predicted molar refractivity (Wildman–Crippen MR) is 97.3 cm³/mol. The van der Waals surface area contributed by atoms with E-state index in [9.17, 15) is 0 Å². The first-order valence-electron chi connectivity index (χ1n) is 8.57. The van der Waals surface area contributed by atoms with Gasteiger partial charge in [-0.2, -0.15) is 4.52 Å². The van der Waals surface area contributed by atoms with Crippen LogP contribution in [0.25, 0.3) is 17.2 Å². The summed E-state index contributed by atoms with van der Waals surface area (Å²) in [7, 11) is 0. The maximum atomic E-state index is 4.67. The van der Waals surface area contributed by atoms with Crippen molar-refractivity contribution in [3.05, 3.63) is 49.2 Å². The minimum Gasteiger partial charge on any atom is -0.366 e. The number of rotatable bonds is 5. The number of nitrogens with one attached hydrogen (secondary N) is 1. The van der Waals surface area contributed by atoms with Crippen molar-refractivity contribution in [3.8, 4) is 11.5 Å². The van der Waals surface area contributed by atoms with Crippen molar-refractivity contribution in [3.63, 3.8) is 0 Å². The Hall–Kier alpha value is -2.80. The molecular formula is C18H21N7. The molecule has 1 fully saturated rings. The van der Waals surface area contributed by atoms with Gasteiger partial charge in [0.05, 0.1) is 0 Å². The first-order valence-corrected chi connectivity index (χ1v) is 8.57. The summed E-state index contributed by atoms with van der Waals surface area (Å²) in [5.41, 5.74) is 1.48. The maximum Gasteiger partial charge on any atom is 0.203 e.